The zero-order chi connectivity index (χ0) is 18.1. The third-order valence-electron chi connectivity index (χ3n) is 4.26. The third-order valence-corrected chi connectivity index (χ3v) is 4.26. The fraction of sp³-hybridized carbons (Fsp3) is 0.889. The number of esters is 1. The molecule has 1 rings (SSSR count). The highest BCUT2D eigenvalue weighted by molar-refractivity contribution is 5.83. The van der Waals surface area contributed by atoms with Gasteiger partial charge in [0.1, 0.15) is 12.1 Å². The predicted octanol–water partition coefficient (Wildman–Crippen LogP) is 2.48. The van der Waals surface area contributed by atoms with Gasteiger partial charge in [-0.1, -0.05) is 12.8 Å². The highest BCUT2D eigenvalue weighted by Gasteiger charge is 2.33. The Morgan fingerprint density at radius 2 is 1.88 bits per heavy atom. The van der Waals surface area contributed by atoms with E-state index in [0.29, 0.717) is 5.96 Å². The Kier molecular flexibility index (Phi) is 8.53. The fourth-order valence-electron chi connectivity index (χ4n) is 3.09. The first-order chi connectivity index (χ1) is 11.3. The number of aliphatic imine (C=N–C) groups is 1. The molecule has 1 fully saturated rings. The van der Waals surface area contributed by atoms with Crippen LogP contribution in [0.4, 0.5) is 0 Å². The van der Waals surface area contributed by atoms with Gasteiger partial charge in [-0.25, -0.2) is 4.99 Å². The van der Waals surface area contributed by atoms with Gasteiger partial charge in [-0.05, 0) is 52.4 Å². The van der Waals surface area contributed by atoms with Gasteiger partial charge in [-0.15, -0.1) is 0 Å². The lowest BCUT2D eigenvalue weighted by molar-refractivity contribution is -0.152. The van der Waals surface area contributed by atoms with Gasteiger partial charge in [0, 0.05) is 26.8 Å². The SMILES string of the molecule is CCNC(=NCC(=O)OC(C)(C)C)NCC1(CCOC)CCCC1. The monoisotopic (exact) mass is 341 g/mol. The van der Waals surface area contributed by atoms with Crippen molar-refractivity contribution in [3.05, 3.63) is 0 Å². The van der Waals surface area contributed by atoms with Crippen LogP contribution >= 0.6 is 0 Å². The summed E-state index contributed by atoms with van der Waals surface area (Å²) in [6.45, 7) is 10.0. The minimum atomic E-state index is -0.480. The zero-order valence-electron chi connectivity index (χ0n) is 16.0. The van der Waals surface area contributed by atoms with Gasteiger partial charge in [0.05, 0.1) is 0 Å². The molecule has 0 aromatic carbocycles. The van der Waals surface area contributed by atoms with E-state index < -0.39 is 5.60 Å². The maximum absolute atomic E-state index is 11.8. The Labute approximate surface area is 146 Å². The summed E-state index contributed by atoms with van der Waals surface area (Å²) in [6.07, 6.45) is 6.04. The Hall–Kier alpha value is -1.30. The van der Waals surface area contributed by atoms with Crippen molar-refractivity contribution in [1.29, 1.82) is 0 Å². The van der Waals surface area contributed by atoms with Gasteiger partial charge >= 0.3 is 5.97 Å². The molecule has 0 amide bonds. The molecule has 0 unspecified atom stereocenters. The quantitative estimate of drug-likeness (QED) is 0.403. The lowest BCUT2D eigenvalue weighted by Gasteiger charge is -2.30. The maximum Gasteiger partial charge on any atom is 0.328 e. The molecule has 6 heteroatoms. The van der Waals surface area contributed by atoms with Crippen molar-refractivity contribution in [1.82, 2.24) is 10.6 Å². The van der Waals surface area contributed by atoms with Crippen LogP contribution in [0.25, 0.3) is 0 Å². The highest BCUT2D eigenvalue weighted by Crippen LogP contribution is 2.40. The number of hydrogen-bond acceptors (Lipinski definition) is 4. The van der Waals surface area contributed by atoms with Gasteiger partial charge < -0.3 is 20.1 Å². The first-order valence-electron chi connectivity index (χ1n) is 9.03. The molecule has 2 N–H and O–H groups in total. The number of nitrogens with one attached hydrogen (secondary N) is 2. The largest absolute Gasteiger partial charge is 0.459 e. The minimum absolute atomic E-state index is 0.0255. The molecule has 0 heterocycles. The Bertz CT molecular complexity index is 410. The first-order valence-corrected chi connectivity index (χ1v) is 9.03. The van der Waals surface area contributed by atoms with Crippen LogP contribution in [0.15, 0.2) is 4.99 Å². The molecule has 0 aromatic rings. The second kappa shape index (κ2) is 9.87. The Morgan fingerprint density at radius 1 is 1.21 bits per heavy atom. The van der Waals surface area contributed by atoms with Gasteiger partial charge in [-0.3, -0.25) is 4.79 Å². The van der Waals surface area contributed by atoms with Crippen molar-refractivity contribution in [2.75, 3.05) is 33.4 Å². The van der Waals surface area contributed by atoms with E-state index in [0.717, 1.165) is 26.1 Å². The number of rotatable bonds is 8. The van der Waals surface area contributed by atoms with Crippen molar-refractivity contribution < 1.29 is 14.3 Å². The summed E-state index contributed by atoms with van der Waals surface area (Å²) in [4.78, 5) is 16.2. The number of carbonyl (C=O) groups is 1. The fourth-order valence-corrected chi connectivity index (χ4v) is 3.09. The van der Waals surface area contributed by atoms with E-state index in [1.54, 1.807) is 7.11 Å². The second-order valence-electron chi connectivity index (χ2n) is 7.59. The molecule has 24 heavy (non-hydrogen) atoms. The molecule has 0 bridgehead atoms. The topological polar surface area (TPSA) is 72.0 Å². The molecular weight excluding hydrogens is 306 g/mol. The van der Waals surface area contributed by atoms with Crippen LogP contribution in [0.2, 0.25) is 0 Å². The van der Waals surface area contributed by atoms with Gasteiger partial charge in [0.25, 0.3) is 0 Å². The number of carbonyl (C=O) groups excluding carboxylic acids is 1. The van der Waals surface area contributed by atoms with Crippen LogP contribution in [0, 0.1) is 5.41 Å². The molecule has 6 nitrogen and oxygen atoms in total. The van der Waals surface area contributed by atoms with Crippen LogP contribution < -0.4 is 10.6 Å². The molecule has 1 aliphatic carbocycles. The summed E-state index contributed by atoms with van der Waals surface area (Å²) in [7, 11) is 1.75. The molecule has 140 valence electrons. The Balaban J connectivity index is 2.57. The standard InChI is InChI=1S/C18H35N3O3/c1-6-19-16(20-13-15(22)24-17(2,3)4)21-14-18(11-12-23-5)9-7-8-10-18/h6-14H2,1-5H3,(H2,19,20,21). The summed E-state index contributed by atoms with van der Waals surface area (Å²) in [5.74, 6) is 0.363. The zero-order valence-corrected chi connectivity index (χ0v) is 16.0. The number of methoxy groups -OCH3 is 1. The van der Waals surface area contributed by atoms with Crippen molar-refractivity contribution in [2.45, 2.75) is 65.4 Å². The molecule has 1 aliphatic rings. The summed E-state index contributed by atoms with van der Waals surface area (Å²) >= 11 is 0. The minimum Gasteiger partial charge on any atom is -0.459 e. The molecule has 0 aliphatic heterocycles. The van der Waals surface area contributed by atoms with Crippen molar-refractivity contribution in [2.24, 2.45) is 10.4 Å². The van der Waals surface area contributed by atoms with Gasteiger partial charge in [-0.2, -0.15) is 0 Å². The number of guanidine groups is 1. The molecule has 0 aromatic heterocycles. The summed E-state index contributed by atoms with van der Waals surface area (Å²) < 4.78 is 10.6. The highest BCUT2D eigenvalue weighted by atomic mass is 16.6. The average Bonchev–Trinajstić information content (AvgIpc) is 2.95. The van der Waals surface area contributed by atoms with Crippen molar-refractivity contribution >= 4 is 11.9 Å². The second-order valence-corrected chi connectivity index (χ2v) is 7.59. The maximum atomic E-state index is 11.8. The third kappa shape index (κ3) is 7.99. The van der Waals surface area contributed by atoms with Crippen LogP contribution in [-0.4, -0.2) is 50.9 Å². The molecule has 0 saturated heterocycles. The van der Waals surface area contributed by atoms with E-state index in [2.05, 4.69) is 15.6 Å². The lowest BCUT2D eigenvalue weighted by atomic mass is 9.83. The van der Waals surface area contributed by atoms with Crippen LogP contribution in [0.1, 0.15) is 59.8 Å². The van der Waals surface area contributed by atoms with Crippen LogP contribution in [0.5, 0.6) is 0 Å². The molecule has 0 radical (unpaired) electrons. The molecule has 0 spiro atoms. The van der Waals surface area contributed by atoms with E-state index in [-0.39, 0.29) is 17.9 Å². The molecule has 1 saturated carbocycles. The van der Waals surface area contributed by atoms with E-state index >= 15 is 0 Å². The first kappa shape index (κ1) is 20.7. The normalized spacial score (nSPS) is 17.6. The van der Waals surface area contributed by atoms with E-state index in [1.807, 2.05) is 27.7 Å². The smallest absolute Gasteiger partial charge is 0.328 e. The predicted molar refractivity (Wildman–Crippen MR) is 97.2 cm³/mol. The van der Waals surface area contributed by atoms with Gasteiger partial charge in [0.2, 0.25) is 0 Å². The van der Waals surface area contributed by atoms with Crippen LogP contribution in [-0.2, 0) is 14.3 Å². The lowest BCUT2D eigenvalue weighted by Crippen LogP contribution is -2.43. The summed E-state index contributed by atoms with van der Waals surface area (Å²) in [6, 6.07) is 0. The number of ether oxygens (including phenoxy) is 2. The molecule has 0 atom stereocenters. The summed E-state index contributed by atoms with van der Waals surface area (Å²) in [5, 5.41) is 6.60. The van der Waals surface area contributed by atoms with Crippen molar-refractivity contribution in [3.63, 3.8) is 0 Å². The van der Waals surface area contributed by atoms with Crippen LogP contribution in [0.3, 0.4) is 0 Å². The Morgan fingerprint density at radius 3 is 2.42 bits per heavy atom. The number of hydrogen-bond donors (Lipinski definition) is 2. The summed E-state index contributed by atoms with van der Waals surface area (Å²) in [5.41, 5.74) is -0.204. The molecular formula is C18H35N3O3. The average molecular weight is 341 g/mol. The van der Waals surface area contributed by atoms with E-state index in [9.17, 15) is 4.79 Å². The van der Waals surface area contributed by atoms with Gasteiger partial charge in [0.15, 0.2) is 5.96 Å². The van der Waals surface area contributed by atoms with E-state index in [4.69, 9.17) is 9.47 Å². The van der Waals surface area contributed by atoms with E-state index in [1.165, 1.54) is 25.7 Å². The number of nitrogens with zero attached hydrogens (tertiary/aromatic N) is 1. The van der Waals surface area contributed by atoms with Crippen molar-refractivity contribution in [3.8, 4) is 0 Å².